The molecule has 6 nitrogen and oxygen atoms in total. The summed E-state index contributed by atoms with van der Waals surface area (Å²) in [7, 11) is -1.56. The molecule has 1 fully saturated rings. The van der Waals surface area contributed by atoms with Gasteiger partial charge in [0.15, 0.2) is 0 Å². The van der Waals surface area contributed by atoms with Crippen LogP contribution in [0.2, 0.25) is 0 Å². The normalized spacial score (nSPS) is 21.3. The van der Waals surface area contributed by atoms with Crippen molar-refractivity contribution in [2.75, 3.05) is 39.1 Å². The molecule has 0 saturated carbocycles. The number of nitrogens with one attached hydrogen (secondary N) is 1. The third-order valence-electron chi connectivity index (χ3n) is 3.34. The van der Waals surface area contributed by atoms with E-state index in [1.54, 1.807) is 14.0 Å². The predicted octanol–water partition coefficient (Wildman–Crippen LogP) is 0.201. The van der Waals surface area contributed by atoms with Crippen molar-refractivity contribution < 1.29 is 17.9 Å². The van der Waals surface area contributed by atoms with Crippen molar-refractivity contribution in [1.82, 2.24) is 9.62 Å². The molecule has 1 amide bonds. The number of rotatable bonds is 7. The quantitative estimate of drug-likeness (QED) is 0.680. The number of piperidine rings is 1. The topological polar surface area (TPSA) is 75.7 Å². The van der Waals surface area contributed by atoms with Gasteiger partial charge in [-0.05, 0) is 26.2 Å². The second-order valence-corrected chi connectivity index (χ2v) is 6.99. The monoisotopic (exact) mass is 292 g/mol. The van der Waals surface area contributed by atoms with E-state index in [9.17, 15) is 13.2 Å². The first-order valence-electron chi connectivity index (χ1n) is 6.75. The second-order valence-electron chi connectivity index (χ2n) is 4.74. The molecule has 0 bridgehead atoms. The van der Waals surface area contributed by atoms with Crippen LogP contribution in [0.15, 0.2) is 0 Å². The molecule has 1 aliphatic heterocycles. The third kappa shape index (κ3) is 5.08. The molecule has 1 aliphatic rings. The average Bonchev–Trinajstić information content (AvgIpc) is 2.43. The summed E-state index contributed by atoms with van der Waals surface area (Å²) in [5, 5.41) is 2.84. The van der Waals surface area contributed by atoms with E-state index in [0.29, 0.717) is 26.2 Å². The van der Waals surface area contributed by atoms with Crippen LogP contribution in [-0.4, -0.2) is 57.7 Å². The number of carbonyl (C=O) groups excluding carboxylic acids is 1. The van der Waals surface area contributed by atoms with E-state index >= 15 is 0 Å². The van der Waals surface area contributed by atoms with Crippen molar-refractivity contribution in [3.63, 3.8) is 0 Å². The predicted molar refractivity (Wildman–Crippen MR) is 73.3 cm³/mol. The number of methoxy groups -OCH3 is 1. The van der Waals surface area contributed by atoms with Gasteiger partial charge in [-0.15, -0.1) is 0 Å². The lowest BCUT2D eigenvalue weighted by molar-refractivity contribution is -0.126. The molecule has 112 valence electrons. The number of sulfonamides is 1. The Morgan fingerprint density at radius 3 is 2.84 bits per heavy atom. The molecule has 7 heteroatoms. The van der Waals surface area contributed by atoms with Crippen molar-refractivity contribution in [2.45, 2.75) is 26.2 Å². The number of hydrogen-bond donors (Lipinski definition) is 1. The summed E-state index contributed by atoms with van der Waals surface area (Å²) in [6, 6.07) is 0. The Labute approximate surface area is 115 Å². The first kappa shape index (κ1) is 16.4. The maximum absolute atomic E-state index is 11.9. The Kier molecular flexibility index (Phi) is 6.74. The van der Waals surface area contributed by atoms with E-state index in [-0.39, 0.29) is 17.6 Å². The zero-order chi connectivity index (χ0) is 14.3. The van der Waals surface area contributed by atoms with Gasteiger partial charge in [0.25, 0.3) is 0 Å². The van der Waals surface area contributed by atoms with Crippen LogP contribution in [0, 0.1) is 5.92 Å². The van der Waals surface area contributed by atoms with Crippen LogP contribution in [0.25, 0.3) is 0 Å². The summed E-state index contributed by atoms with van der Waals surface area (Å²) in [6.07, 6.45) is 2.27. The summed E-state index contributed by atoms with van der Waals surface area (Å²) in [5.41, 5.74) is 0. The van der Waals surface area contributed by atoms with E-state index in [1.807, 2.05) is 0 Å². The third-order valence-corrected chi connectivity index (χ3v) is 5.19. The maximum atomic E-state index is 11.9. The van der Waals surface area contributed by atoms with Crippen LogP contribution in [0.5, 0.6) is 0 Å². The number of amides is 1. The van der Waals surface area contributed by atoms with E-state index in [0.717, 1.165) is 19.3 Å². The van der Waals surface area contributed by atoms with Crippen LogP contribution < -0.4 is 5.32 Å². The Morgan fingerprint density at radius 2 is 2.21 bits per heavy atom. The lowest BCUT2D eigenvalue weighted by Gasteiger charge is -2.30. The molecule has 1 saturated heterocycles. The maximum Gasteiger partial charge on any atom is 0.224 e. The summed E-state index contributed by atoms with van der Waals surface area (Å²) in [4.78, 5) is 11.9. The molecule has 0 aromatic carbocycles. The van der Waals surface area contributed by atoms with Crippen LogP contribution in [0.4, 0.5) is 0 Å². The fourth-order valence-electron chi connectivity index (χ4n) is 2.16. The first-order valence-corrected chi connectivity index (χ1v) is 8.36. The minimum Gasteiger partial charge on any atom is -0.385 e. The highest BCUT2D eigenvalue weighted by Gasteiger charge is 2.31. The van der Waals surface area contributed by atoms with Crippen molar-refractivity contribution in [1.29, 1.82) is 0 Å². The van der Waals surface area contributed by atoms with E-state index < -0.39 is 10.0 Å². The van der Waals surface area contributed by atoms with Gasteiger partial charge in [-0.2, -0.15) is 0 Å². The number of nitrogens with zero attached hydrogens (tertiary/aromatic N) is 1. The van der Waals surface area contributed by atoms with Gasteiger partial charge in [-0.25, -0.2) is 12.7 Å². The van der Waals surface area contributed by atoms with Crippen molar-refractivity contribution in [2.24, 2.45) is 5.92 Å². The number of ether oxygens (including phenoxy) is 1. The highest BCUT2D eigenvalue weighted by Crippen LogP contribution is 2.19. The van der Waals surface area contributed by atoms with Gasteiger partial charge < -0.3 is 10.1 Å². The Balaban J connectivity index is 2.44. The molecule has 1 rings (SSSR count). The molecular weight excluding hydrogens is 268 g/mol. The SMILES string of the molecule is CCS(=O)(=O)N1CCC[C@H](C(=O)NCCCOC)C1. The van der Waals surface area contributed by atoms with Gasteiger partial charge >= 0.3 is 0 Å². The Morgan fingerprint density at radius 1 is 1.47 bits per heavy atom. The summed E-state index contributed by atoms with van der Waals surface area (Å²) >= 11 is 0. The zero-order valence-corrected chi connectivity index (χ0v) is 12.5. The number of carbonyl (C=O) groups is 1. The molecule has 0 aliphatic carbocycles. The molecule has 0 aromatic rings. The summed E-state index contributed by atoms with van der Waals surface area (Å²) in [5.74, 6) is -0.181. The molecule has 0 spiro atoms. The molecule has 0 unspecified atom stereocenters. The van der Waals surface area contributed by atoms with Gasteiger partial charge in [0.05, 0.1) is 11.7 Å². The molecule has 1 heterocycles. The Bertz CT molecular complexity index is 383. The van der Waals surface area contributed by atoms with Crippen molar-refractivity contribution in [3.05, 3.63) is 0 Å². The van der Waals surface area contributed by atoms with Gasteiger partial charge in [0.2, 0.25) is 15.9 Å². The van der Waals surface area contributed by atoms with Crippen LogP contribution in [0.1, 0.15) is 26.2 Å². The average molecular weight is 292 g/mol. The van der Waals surface area contributed by atoms with E-state index in [2.05, 4.69) is 5.32 Å². The minimum absolute atomic E-state index is 0.0490. The fourth-order valence-corrected chi connectivity index (χ4v) is 3.34. The van der Waals surface area contributed by atoms with Gasteiger partial charge in [0.1, 0.15) is 0 Å². The van der Waals surface area contributed by atoms with Crippen LogP contribution in [-0.2, 0) is 19.6 Å². The lowest BCUT2D eigenvalue weighted by Crippen LogP contribution is -2.46. The van der Waals surface area contributed by atoms with Gasteiger partial charge in [0, 0.05) is 33.4 Å². The summed E-state index contributed by atoms with van der Waals surface area (Å²) < 4.78 is 29.9. The fraction of sp³-hybridized carbons (Fsp3) is 0.917. The second kappa shape index (κ2) is 7.81. The number of hydrogen-bond acceptors (Lipinski definition) is 4. The molecule has 19 heavy (non-hydrogen) atoms. The zero-order valence-electron chi connectivity index (χ0n) is 11.7. The van der Waals surface area contributed by atoms with Crippen molar-refractivity contribution >= 4 is 15.9 Å². The van der Waals surface area contributed by atoms with Gasteiger partial charge in [-0.1, -0.05) is 0 Å². The van der Waals surface area contributed by atoms with Crippen molar-refractivity contribution in [3.8, 4) is 0 Å². The molecule has 0 radical (unpaired) electrons. The smallest absolute Gasteiger partial charge is 0.224 e. The standard InChI is InChI=1S/C12H24N2O4S/c1-3-19(16,17)14-8-4-6-11(10-14)12(15)13-7-5-9-18-2/h11H,3-10H2,1-2H3,(H,13,15)/t11-/m0/s1. The van der Waals surface area contributed by atoms with Crippen LogP contribution >= 0.6 is 0 Å². The first-order chi connectivity index (χ1) is 9.01. The lowest BCUT2D eigenvalue weighted by atomic mass is 9.99. The minimum atomic E-state index is -3.18. The highest BCUT2D eigenvalue weighted by atomic mass is 32.2. The molecular formula is C12H24N2O4S. The molecule has 1 atom stereocenters. The highest BCUT2D eigenvalue weighted by molar-refractivity contribution is 7.89. The van der Waals surface area contributed by atoms with E-state index in [1.165, 1.54) is 4.31 Å². The van der Waals surface area contributed by atoms with E-state index in [4.69, 9.17) is 4.74 Å². The van der Waals surface area contributed by atoms with Gasteiger partial charge in [-0.3, -0.25) is 4.79 Å². The summed E-state index contributed by atoms with van der Waals surface area (Å²) in [6.45, 7) is 3.66. The molecule has 0 aromatic heterocycles. The largest absolute Gasteiger partial charge is 0.385 e. The van der Waals surface area contributed by atoms with Crippen LogP contribution in [0.3, 0.4) is 0 Å². The Hall–Kier alpha value is -0.660. The molecule has 1 N–H and O–H groups in total.